The van der Waals surface area contributed by atoms with E-state index < -0.39 is 0 Å². The van der Waals surface area contributed by atoms with Crippen molar-refractivity contribution in [3.63, 3.8) is 0 Å². The summed E-state index contributed by atoms with van der Waals surface area (Å²) in [5.74, 6) is 0.396. The van der Waals surface area contributed by atoms with Crippen LogP contribution in [-0.2, 0) is 5.41 Å². The minimum absolute atomic E-state index is 0.0159. The first-order valence-electron chi connectivity index (χ1n) is 10.5. The lowest BCUT2D eigenvalue weighted by Crippen LogP contribution is -2.26. The molecule has 1 aliphatic heterocycles. The Morgan fingerprint density at radius 2 is 1.69 bits per heavy atom. The van der Waals surface area contributed by atoms with E-state index in [9.17, 15) is 0 Å². The van der Waals surface area contributed by atoms with E-state index in [1.807, 2.05) is 0 Å². The minimum Gasteiger partial charge on any atom is -0.297 e. The van der Waals surface area contributed by atoms with Crippen LogP contribution >= 0.6 is 16.1 Å². The third-order valence-electron chi connectivity index (χ3n) is 7.60. The first kappa shape index (κ1) is 18.9. The van der Waals surface area contributed by atoms with Crippen molar-refractivity contribution in [2.45, 2.75) is 58.9 Å². The van der Waals surface area contributed by atoms with Crippen molar-refractivity contribution >= 4 is 33.5 Å². The van der Waals surface area contributed by atoms with E-state index in [-0.39, 0.29) is 5.41 Å². The summed E-state index contributed by atoms with van der Waals surface area (Å²) in [7, 11) is 0. The van der Waals surface area contributed by atoms with Crippen molar-refractivity contribution in [2.24, 2.45) is 0 Å². The van der Waals surface area contributed by atoms with Gasteiger partial charge < -0.3 is 0 Å². The average molecular weight is 446 g/mol. The molecule has 148 valence electrons. The molecular weight excluding hydrogens is 418 g/mol. The summed E-state index contributed by atoms with van der Waals surface area (Å²) in [6, 6.07) is 14.0. The fourth-order valence-electron chi connectivity index (χ4n) is 5.72. The number of aryl methyl sites for hydroxylation is 1. The van der Waals surface area contributed by atoms with Gasteiger partial charge >= 0.3 is 0 Å². The molecule has 0 bridgehead atoms. The molecule has 0 spiro atoms. The van der Waals surface area contributed by atoms with Crippen molar-refractivity contribution in [1.82, 2.24) is 0 Å². The summed E-state index contributed by atoms with van der Waals surface area (Å²) in [6.45, 7) is 13.9. The molecule has 0 aromatic heterocycles. The van der Waals surface area contributed by atoms with Crippen LogP contribution < -0.4 is 3.93 Å². The highest BCUT2D eigenvalue weighted by Gasteiger charge is 2.42. The largest absolute Gasteiger partial charge is 0.297 e. The monoisotopic (exact) mass is 445 g/mol. The quantitative estimate of drug-likeness (QED) is 0.427. The van der Waals surface area contributed by atoms with E-state index in [0.29, 0.717) is 12.0 Å². The van der Waals surface area contributed by atoms with Gasteiger partial charge in [0.2, 0.25) is 0 Å². The fraction of sp³-hybridized carbons (Fsp3) is 0.333. The third-order valence-corrected chi connectivity index (χ3v) is 8.39. The molecule has 1 nitrogen and oxygen atoms in total. The maximum atomic E-state index is 3.89. The molecule has 0 saturated carbocycles. The molecule has 3 aliphatic rings. The number of anilines is 1. The lowest BCUT2D eigenvalue weighted by Gasteiger charge is -2.34. The van der Waals surface area contributed by atoms with Crippen LogP contribution in [0.1, 0.15) is 68.4 Å². The van der Waals surface area contributed by atoms with Crippen molar-refractivity contribution in [3.05, 3.63) is 87.0 Å². The zero-order chi connectivity index (χ0) is 20.7. The molecule has 0 amide bonds. The van der Waals surface area contributed by atoms with Gasteiger partial charge in [-0.15, -0.1) is 0 Å². The molecule has 2 atom stereocenters. The van der Waals surface area contributed by atoms with E-state index >= 15 is 0 Å². The van der Waals surface area contributed by atoms with Gasteiger partial charge in [-0.2, -0.15) is 0 Å². The number of benzene rings is 2. The SMILES string of the molecule is CC1=C(C)C2C(=C1C)c1cc(C(C)(C)C3C=Cc4ccccc43)c(C)cc1N2Br. The van der Waals surface area contributed by atoms with Crippen LogP contribution in [0.15, 0.2) is 59.2 Å². The lowest BCUT2D eigenvalue weighted by molar-refractivity contribution is 0.471. The van der Waals surface area contributed by atoms with Gasteiger partial charge in [0.1, 0.15) is 0 Å². The number of rotatable bonds is 2. The highest BCUT2D eigenvalue weighted by molar-refractivity contribution is 9.10. The number of hydrogen-bond donors (Lipinski definition) is 0. The van der Waals surface area contributed by atoms with E-state index in [4.69, 9.17) is 0 Å². The summed E-state index contributed by atoms with van der Waals surface area (Å²) in [4.78, 5) is 0. The van der Waals surface area contributed by atoms with Crippen LogP contribution in [0.5, 0.6) is 0 Å². The molecule has 0 radical (unpaired) electrons. The highest BCUT2D eigenvalue weighted by atomic mass is 79.9. The molecule has 1 heterocycles. The summed E-state index contributed by atoms with van der Waals surface area (Å²) in [5, 5.41) is 0. The van der Waals surface area contributed by atoms with Crippen molar-refractivity contribution in [2.75, 3.05) is 3.93 Å². The molecular formula is C27H28BrN. The smallest absolute Gasteiger partial charge is 0.0879 e. The standard InChI is InChI=1S/C27H28BrN/c1-15-13-24-21(25-17(3)16(2)18(4)26(25)29(24)28)14-23(15)27(5,6)22-12-11-19-9-7-8-10-20(19)22/h7-14,22,26H,1-6H3. The predicted octanol–water partition coefficient (Wildman–Crippen LogP) is 7.71. The van der Waals surface area contributed by atoms with E-state index in [1.54, 1.807) is 0 Å². The van der Waals surface area contributed by atoms with E-state index in [0.717, 1.165) is 0 Å². The Balaban J connectivity index is 1.66. The summed E-state index contributed by atoms with van der Waals surface area (Å²) in [5.41, 5.74) is 14.1. The molecule has 2 aromatic rings. The van der Waals surface area contributed by atoms with E-state index in [1.165, 1.54) is 55.8 Å². The summed E-state index contributed by atoms with van der Waals surface area (Å²) >= 11 is 3.89. The van der Waals surface area contributed by atoms with Crippen LogP contribution in [0, 0.1) is 6.92 Å². The summed E-state index contributed by atoms with van der Waals surface area (Å²) < 4.78 is 2.29. The number of fused-ring (bicyclic) bond motifs is 4. The maximum absolute atomic E-state index is 3.89. The highest BCUT2D eigenvalue weighted by Crippen LogP contribution is 2.54. The van der Waals surface area contributed by atoms with Crippen molar-refractivity contribution in [1.29, 1.82) is 0 Å². The molecule has 2 heteroatoms. The fourth-order valence-corrected chi connectivity index (χ4v) is 6.53. The predicted molar refractivity (Wildman–Crippen MR) is 129 cm³/mol. The lowest BCUT2D eigenvalue weighted by atomic mass is 9.69. The molecule has 0 fully saturated rings. The topological polar surface area (TPSA) is 3.24 Å². The van der Waals surface area contributed by atoms with E-state index in [2.05, 4.69) is 110 Å². The molecule has 0 N–H and O–H groups in total. The molecule has 0 saturated heterocycles. The van der Waals surface area contributed by atoms with Gasteiger partial charge in [0, 0.05) is 16.9 Å². The van der Waals surface area contributed by atoms with Crippen LogP contribution in [-0.4, -0.2) is 6.04 Å². The average Bonchev–Trinajstić information content (AvgIpc) is 3.31. The maximum Gasteiger partial charge on any atom is 0.0879 e. The van der Waals surface area contributed by atoms with Gasteiger partial charge in [-0.25, -0.2) is 0 Å². The number of nitrogens with zero attached hydrogens (tertiary/aromatic N) is 1. The Kier molecular flexibility index (Phi) is 4.06. The molecule has 2 aliphatic carbocycles. The van der Waals surface area contributed by atoms with Gasteiger partial charge in [0.05, 0.1) is 27.9 Å². The van der Waals surface area contributed by atoms with Gasteiger partial charge in [-0.1, -0.05) is 50.3 Å². The Morgan fingerprint density at radius 3 is 2.45 bits per heavy atom. The minimum atomic E-state index is 0.0159. The van der Waals surface area contributed by atoms with Crippen LogP contribution in [0.25, 0.3) is 11.6 Å². The zero-order valence-corrected chi connectivity index (χ0v) is 19.7. The second-order valence-corrected chi connectivity index (χ2v) is 10.2. The second-order valence-electron chi connectivity index (χ2n) is 9.43. The van der Waals surface area contributed by atoms with Crippen LogP contribution in [0.2, 0.25) is 0 Å². The normalized spacial score (nSPS) is 22.5. The Bertz CT molecular complexity index is 1150. The Hall–Kier alpha value is -2.06. The molecule has 2 unspecified atom stereocenters. The molecule has 2 aromatic carbocycles. The number of halogens is 1. The van der Waals surface area contributed by atoms with Crippen molar-refractivity contribution < 1.29 is 0 Å². The van der Waals surface area contributed by atoms with Gasteiger partial charge in [-0.3, -0.25) is 3.93 Å². The number of hydrogen-bond acceptors (Lipinski definition) is 1. The second kappa shape index (κ2) is 6.22. The van der Waals surface area contributed by atoms with Crippen LogP contribution in [0.4, 0.5) is 5.69 Å². The molecule has 29 heavy (non-hydrogen) atoms. The first-order valence-corrected chi connectivity index (χ1v) is 11.2. The van der Waals surface area contributed by atoms with Gasteiger partial charge in [0.15, 0.2) is 0 Å². The zero-order valence-electron chi connectivity index (χ0n) is 18.1. The van der Waals surface area contributed by atoms with Crippen molar-refractivity contribution in [3.8, 4) is 0 Å². The first-order chi connectivity index (χ1) is 13.7. The third kappa shape index (κ3) is 2.45. The Morgan fingerprint density at radius 1 is 0.966 bits per heavy atom. The Labute approximate surface area is 183 Å². The summed E-state index contributed by atoms with van der Waals surface area (Å²) in [6.07, 6.45) is 4.69. The molecule has 5 rings (SSSR count). The number of allylic oxidation sites excluding steroid dienone is 3. The van der Waals surface area contributed by atoms with Gasteiger partial charge in [0.25, 0.3) is 0 Å². The van der Waals surface area contributed by atoms with Crippen LogP contribution in [0.3, 0.4) is 0 Å². The van der Waals surface area contributed by atoms with Gasteiger partial charge in [-0.05, 0) is 84.4 Å².